The summed E-state index contributed by atoms with van der Waals surface area (Å²) < 4.78 is 19.5. The molecule has 0 aliphatic carbocycles. The van der Waals surface area contributed by atoms with Gasteiger partial charge in [0, 0.05) is 200 Å². The molecule has 2 amide bonds. The van der Waals surface area contributed by atoms with Gasteiger partial charge in [-0.1, -0.05) is 38.5 Å². The fraction of sp³-hybridized carbons (Fsp3) is 0.361. The van der Waals surface area contributed by atoms with E-state index in [0.717, 1.165) is 41.6 Å². The molecule has 111 heavy (non-hydrogen) atoms. The Morgan fingerprint density at radius 3 is 1.52 bits per heavy atom. The highest BCUT2D eigenvalue weighted by molar-refractivity contribution is 6.52. The molecular weight excluding hydrogens is 1410 g/mol. The Morgan fingerprint density at radius 1 is 0.541 bits per heavy atom. The number of benzene rings is 2. The molecule has 2 aliphatic heterocycles. The number of Topliss-reactive ketones (excluding diaryl/α,β-unsaturated/α-hetero) is 8. The van der Waals surface area contributed by atoms with Gasteiger partial charge in [-0.2, -0.15) is 0 Å². The Morgan fingerprint density at radius 2 is 1.01 bits per heavy atom. The molecule has 2 aromatic carbocycles. The quantitative estimate of drug-likeness (QED) is 0.0189. The van der Waals surface area contributed by atoms with Crippen LogP contribution >= 0.6 is 0 Å². The van der Waals surface area contributed by atoms with Gasteiger partial charge in [-0.15, -0.1) is 0 Å². The molecule has 0 spiro atoms. The van der Waals surface area contributed by atoms with Crippen LogP contribution in [-0.4, -0.2) is 159 Å². The van der Waals surface area contributed by atoms with Gasteiger partial charge in [0.1, 0.15) is 17.2 Å². The summed E-state index contributed by atoms with van der Waals surface area (Å²) in [7, 11) is 15.0. The number of rotatable bonds is 35. The van der Waals surface area contributed by atoms with E-state index in [1.807, 2.05) is 51.4 Å². The molecule has 0 saturated heterocycles. The number of carbonyl (C=O) groups is 10. The zero-order valence-electron chi connectivity index (χ0n) is 65.0. The molecule has 8 aromatic heterocycles. The summed E-state index contributed by atoms with van der Waals surface area (Å²) >= 11 is 0. The second-order valence-electron chi connectivity index (χ2n) is 29.1. The number of ketones is 8. The first kappa shape index (κ1) is 80.1. The molecule has 12 rings (SSSR count). The number of imidazole rings is 2. The number of carbonyl (C=O) groups excluding carboxylic acids is 10. The Labute approximate surface area is 644 Å². The van der Waals surface area contributed by atoms with Gasteiger partial charge in [0.15, 0.2) is 40.6 Å². The van der Waals surface area contributed by atoms with E-state index in [-0.39, 0.29) is 140 Å². The van der Waals surface area contributed by atoms with E-state index >= 15 is 0 Å². The molecule has 2 aliphatic rings. The minimum Gasteiger partial charge on any atom is -0.493 e. The van der Waals surface area contributed by atoms with E-state index in [1.54, 1.807) is 208 Å². The number of aryl methyl sites for hydroxylation is 8. The SMILES string of the molecule is CCCCC(=O)c1cc(CC(=O)c2cc(CC(=O)c3nc(CC(=O)c4cc(NB(C)O)cn4C)cn3C)cn2C)cn1C.CCCN(C)C(=O)c1cc(CC(=O)c2cc(CC(=O)c3cc(CC(=O)c4nc(CC(=O)CCCOc5cc6c(cc5CO)C(=O)N5c7ccccc7CC5C=N6)cn4C)cn3C)cn2C)cn1C. The number of aliphatic hydroxyl groups excluding tert-OH is 1. The topological polar surface area (TPSA) is 316 Å². The fourth-order valence-electron chi connectivity index (χ4n) is 14.6. The molecule has 3 N–H and O–H groups in total. The summed E-state index contributed by atoms with van der Waals surface area (Å²) in [5.41, 5.74) is 11.2. The molecule has 0 saturated carbocycles. The van der Waals surface area contributed by atoms with Crippen LogP contribution in [0.5, 0.6) is 5.75 Å². The lowest BCUT2D eigenvalue weighted by atomic mass is 9.89. The highest BCUT2D eigenvalue weighted by Crippen LogP contribution is 2.39. The van der Waals surface area contributed by atoms with Crippen LogP contribution in [0.3, 0.4) is 0 Å². The highest BCUT2D eigenvalue weighted by atomic mass is 16.5. The van der Waals surface area contributed by atoms with Crippen LogP contribution in [-0.2, 0) is 119 Å². The number of hydrogen-bond donors (Lipinski definition) is 3. The molecule has 10 aromatic rings. The van der Waals surface area contributed by atoms with Crippen molar-refractivity contribution in [3.05, 3.63) is 224 Å². The number of unbranched alkanes of at least 4 members (excludes halogenated alkanes) is 1. The Hall–Kier alpha value is -11.9. The number of fused-ring (bicyclic) bond motifs is 4. The average molecular weight is 1510 g/mol. The van der Waals surface area contributed by atoms with Crippen molar-refractivity contribution in [3.63, 3.8) is 0 Å². The summed E-state index contributed by atoms with van der Waals surface area (Å²) in [5, 5.41) is 22.6. The molecule has 1 unspecified atom stereocenters. The maximum atomic E-state index is 13.7. The van der Waals surface area contributed by atoms with Crippen LogP contribution in [0.4, 0.5) is 17.1 Å². The second kappa shape index (κ2) is 34.8. The van der Waals surface area contributed by atoms with E-state index < -0.39 is 7.05 Å². The lowest BCUT2D eigenvalue weighted by Crippen LogP contribution is -2.37. The minimum absolute atomic E-state index is 0.00678. The number of hydrogen-bond acceptors (Lipinski definition) is 17. The molecule has 578 valence electrons. The highest BCUT2D eigenvalue weighted by Gasteiger charge is 2.37. The number of aromatic nitrogens is 10. The van der Waals surface area contributed by atoms with Gasteiger partial charge in [0.2, 0.25) is 11.6 Å². The first-order valence-corrected chi connectivity index (χ1v) is 37.3. The predicted molar refractivity (Wildman–Crippen MR) is 420 cm³/mol. The molecule has 28 heteroatoms. The smallest absolute Gasteiger partial charge is 0.406 e. The largest absolute Gasteiger partial charge is 0.493 e. The van der Waals surface area contributed by atoms with Crippen molar-refractivity contribution >= 4 is 88.4 Å². The number of ether oxygens (including phenoxy) is 1. The first-order valence-electron chi connectivity index (χ1n) is 37.3. The summed E-state index contributed by atoms with van der Waals surface area (Å²) in [6.45, 7) is 6.13. The van der Waals surface area contributed by atoms with Crippen LogP contribution in [0.25, 0.3) is 0 Å². The van der Waals surface area contributed by atoms with Gasteiger partial charge >= 0.3 is 7.05 Å². The van der Waals surface area contributed by atoms with E-state index in [9.17, 15) is 58.1 Å². The standard InChI is InChI=1S/C52H56N8O8.C31H39BN6O5/c1-7-14-55(2)52(67)45-18-34(29-58(45)5)20-47(64)43-16-32(27-56(43)3)19-46(63)44-17-33(28-57(44)4)21-48(65)50-54-37(30-59(50)6)24-39(62)12-10-15-68-49-25-41-40(23-36(49)31-61)51(66)60-38(26-53-41)22-35-11-8-9-13-42(35)60;1-7-8-9-27(39)24-10-20(16-35(24)3)12-28(40)25-11-21(17-36(25)4)13-30(42)31-33-22(18-38(31)6)15-29(41)26-14-23(19-37(26)5)34-32(2)43/h8-9,11,13,16-18,23,25-30,38,61H,7,10,12,14-15,19-22,24,31H2,1-6H3;10-11,14,16-19,34,43H,7-9,12-13,15H2,1-6H3. The average Bonchev–Trinajstić information content (AvgIpc) is 1.62. The summed E-state index contributed by atoms with van der Waals surface area (Å²) in [4.78, 5) is 149. The Kier molecular flexibility index (Phi) is 25.1. The van der Waals surface area contributed by atoms with E-state index in [1.165, 1.54) is 0 Å². The van der Waals surface area contributed by atoms with E-state index in [2.05, 4.69) is 20.2 Å². The maximum absolute atomic E-state index is 13.7. The number of amides is 2. The fourth-order valence-corrected chi connectivity index (χ4v) is 14.6. The number of aliphatic imine (C=N–C) groups is 1. The van der Waals surface area contributed by atoms with Gasteiger partial charge in [-0.05, 0) is 108 Å². The van der Waals surface area contributed by atoms with Crippen molar-refractivity contribution in [3.8, 4) is 5.75 Å². The summed E-state index contributed by atoms with van der Waals surface area (Å²) in [5.74, 6) is -0.559. The number of nitrogens with zero attached hydrogens (tertiary/aromatic N) is 13. The van der Waals surface area contributed by atoms with Crippen molar-refractivity contribution in [1.29, 1.82) is 0 Å². The molecule has 0 bridgehead atoms. The monoisotopic (exact) mass is 1510 g/mol. The van der Waals surface area contributed by atoms with Crippen LogP contribution in [0.2, 0.25) is 6.82 Å². The van der Waals surface area contributed by atoms with Crippen LogP contribution < -0.4 is 14.9 Å². The van der Waals surface area contributed by atoms with Gasteiger partial charge in [-0.3, -0.25) is 57.8 Å². The third-order valence-corrected chi connectivity index (χ3v) is 19.9. The predicted octanol–water partition coefficient (Wildman–Crippen LogP) is 9.55. The van der Waals surface area contributed by atoms with Crippen molar-refractivity contribution in [1.82, 2.24) is 51.4 Å². The molecular formula is C83H95BN14O13. The molecule has 0 radical (unpaired) electrons. The first-order chi connectivity index (χ1) is 53.0. The number of nitrogens with one attached hydrogen (secondary N) is 1. The maximum Gasteiger partial charge on any atom is 0.406 e. The van der Waals surface area contributed by atoms with E-state index in [4.69, 9.17) is 4.74 Å². The third kappa shape index (κ3) is 18.7. The van der Waals surface area contributed by atoms with Crippen molar-refractivity contribution in [2.75, 3.05) is 30.3 Å². The Bertz CT molecular complexity index is 5290. The van der Waals surface area contributed by atoms with Crippen molar-refractivity contribution < 1.29 is 62.8 Å². The van der Waals surface area contributed by atoms with Crippen LogP contribution in [0.15, 0.2) is 127 Å². The molecule has 1 atom stereocenters. The van der Waals surface area contributed by atoms with Crippen LogP contribution in [0, 0.1) is 0 Å². The molecule has 10 heterocycles. The van der Waals surface area contributed by atoms with Crippen molar-refractivity contribution in [2.24, 2.45) is 61.4 Å². The number of aliphatic hydroxyl groups is 1. The number of para-hydroxylation sites is 1. The third-order valence-electron chi connectivity index (χ3n) is 19.9. The van der Waals surface area contributed by atoms with E-state index in [0.29, 0.717) is 116 Å². The summed E-state index contributed by atoms with van der Waals surface area (Å²) in [6.07, 6.45) is 20.5. The second-order valence-corrected chi connectivity index (χ2v) is 29.1. The normalized spacial score (nSPS) is 12.8. The van der Waals surface area contributed by atoms with Gasteiger partial charge < -0.3 is 61.5 Å². The Balaban J connectivity index is 0.000000244. The lowest BCUT2D eigenvalue weighted by molar-refractivity contribution is -0.118. The van der Waals surface area contributed by atoms with Crippen molar-refractivity contribution in [2.45, 2.75) is 123 Å². The van der Waals surface area contributed by atoms with Gasteiger partial charge in [-0.25, -0.2) is 9.97 Å². The number of anilines is 2. The molecule has 0 fully saturated rings. The molecule has 27 nitrogen and oxygen atoms in total. The summed E-state index contributed by atoms with van der Waals surface area (Å²) in [6, 6.07) is 21.2. The van der Waals surface area contributed by atoms with Gasteiger partial charge in [0.25, 0.3) is 11.8 Å². The van der Waals surface area contributed by atoms with Crippen LogP contribution in [0.1, 0.15) is 197 Å². The zero-order valence-corrected chi connectivity index (χ0v) is 65.0. The zero-order chi connectivity index (χ0) is 79.8. The van der Waals surface area contributed by atoms with Gasteiger partial charge in [0.05, 0.1) is 83.2 Å². The lowest BCUT2D eigenvalue weighted by Gasteiger charge is -2.22. The minimum atomic E-state index is -0.752.